The van der Waals surface area contributed by atoms with Crippen molar-refractivity contribution < 1.29 is 5.11 Å². The molecule has 17 heavy (non-hydrogen) atoms. The topological polar surface area (TPSA) is 49.2 Å². The Kier molecular flexibility index (Phi) is 4.46. The minimum Gasteiger partial charge on any atom is -0.389 e. The van der Waals surface area contributed by atoms with Gasteiger partial charge in [-0.3, -0.25) is 0 Å². The van der Waals surface area contributed by atoms with Crippen LogP contribution in [0.1, 0.15) is 39.2 Å². The summed E-state index contributed by atoms with van der Waals surface area (Å²) in [6, 6.07) is 2.00. The van der Waals surface area contributed by atoms with Crippen LogP contribution >= 0.6 is 0 Å². The van der Waals surface area contributed by atoms with Crippen molar-refractivity contribution in [3.05, 3.63) is 17.6 Å². The first-order valence-corrected chi connectivity index (χ1v) is 6.17. The van der Waals surface area contributed by atoms with Crippen molar-refractivity contribution in [2.75, 3.05) is 18.0 Å². The molecule has 0 amide bonds. The Labute approximate surface area is 104 Å². The van der Waals surface area contributed by atoms with Crippen molar-refractivity contribution in [2.45, 2.75) is 46.6 Å². The van der Waals surface area contributed by atoms with Crippen LogP contribution in [0.25, 0.3) is 0 Å². The van der Waals surface area contributed by atoms with Crippen molar-refractivity contribution in [3.8, 4) is 0 Å². The number of hydrogen-bond acceptors (Lipinski definition) is 4. The Hall–Kier alpha value is -1.16. The number of aliphatic hydroxyl groups is 1. The van der Waals surface area contributed by atoms with Gasteiger partial charge in [0.25, 0.3) is 0 Å². The highest BCUT2D eigenvalue weighted by atomic mass is 16.3. The van der Waals surface area contributed by atoms with Gasteiger partial charge in [-0.05, 0) is 34.1 Å². The first-order chi connectivity index (χ1) is 7.85. The van der Waals surface area contributed by atoms with Crippen LogP contribution in [-0.4, -0.2) is 33.8 Å². The van der Waals surface area contributed by atoms with E-state index < -0.39 is 5.60 Å². The summed E-state index contributed by atoms with van der Waals surface area (Å²) in [5.41, 5.74) is 0.322. The first-order valence-electron chi connectivity index (χ1n) is 6.17. The van der Waals surface area contributed by atoms with Gasteiger partial charge in [-0.2, -0.15) is 0 Å². The van der Waals surface area contributed by atoms with Crippen LogP contribution < -0.4 is 4.90 Å². The van der Waals surface area contributed by atoms with Gasteiger partial charge in [-0.15, -0.1) is 0 Å². The highest BCUT2D eigenvalue weighted by Crippen LogP contribution is 2.16. The Balaban J connectivity index is 2.99. The molecule has 4 nitrogen and oxygen atoms in total. The average molecular weight is 237 g/mol. The van der Waals surface area contributed by atoms with Crippen LogP contribution in [0, 0.1) is 6.92 Å². The summed E-state index contributed by atoms with van der Waals surface area (Å²) in [5, 5.41) is 9.89. The fourth-order valence-electron chi connectivity index (χ4n) is 1.78. The molecule has 0 saturated carbocycles. The van der Waals surface area contributed by atoms with Gasteiger partial charge >= 0.3 is 0 Å². The summed E-state index contributed by atoms with van der Waals surface area (Å²) in [4.78, 5) is 10.9. The average Bonchev–Trinajstić information content (AvgIpc) is 2.23. The third-order valence-electron chi connectivity index (χ3n) is 2.52. The van der Waals surface area contributed by atoms with Crippen LogP contribution in [0.15, 0.2) is 6.07 Å². The van der Waals surface area contributed by atoms with E-state index in [0.29, 0.717) is 6.54 Å². The molecule has 1 rings (SSSR count). The van der Waals surface area contributed by atoms with Gasteiger partial charge in [-0.25, -0.2) is 9.97 Å². The Morgan fingerprint density at radius 2 is 1.94 bits per heavy atom. The smallest absolute Gasteiger partial charge is 0.132 e. The molecule has 1 N–H and O–H groups in total. The summed E-state index contributed by atoms with van der Waals surface area (Å²) < 4.78 is 0. The standard InChI is InChI=1S/C13H23N3O/c1-6-11-8-12(15-10(3)14-11)16(7-2)9-13(4,5)17/h8,17H,6-7,9H2,1-5H3. The number of hydrogen-bond donors (Lipinski definition) is 1. The maximum Gasteiger partial charge on any atom is 0.132 e. The molecular formula is C13H23N3O. The van der Waals surface area contributed by atoms with Crippen molar-refractivity contribution in [3.63, 3.8) is 0 Å². The Morgan fingerprint density at radius 3 is 2.41 bits per heavy atom. The van der Waals surface area contributed by atoms with Crippen LogP contribution in [0.4, 0.5) is 5.82 Å². The molecule has 0 radical (unpaired) electrons. The van der Waals surface area contributed by atoms with Crippen molar-refractivity contribution in [1.29, 1.82) is 0 Å². The largest absolute Gasteiger partial charge is 0.389 e. The summed E-state index contributed by atoms with van der Waals surface area (Å²) >= 11 is 0. The lowest BCUT2D eigenvalue weighted by atomic mass is 10.1. The van der Waals surface area contributed by atoms with E-state index in [0.717, 1.165) is 30.3 Å². The Morgan fingerprint density at radius 1 is 1.29 bits per heavy atom. The fraction of sp³-hybridized carbons (Fsp3) is 0.692. The van der Waals surface area contributed by atoms with E-state index in [1.54, 1.807) is 0 Å². The maximum absolute atomic E-state index is 9.89. The monoisotopic (exact) mass is 237 g/mol. The summed E-state index contributed by atoms with van der Waals surface area (Å²) in [6.07, 6.45) is 0.899. The molecule has 0 saturated heterocycles. The van der Waals surface area contributed by atoms with Gasteiger partial charge in [0.2, 0.25) is 0 Å². The molecule has 0 spiro atoms. The van der Waals surface area contributed by atoms with Crippen LogP contribution in [0.2, 0.25) is 0 Å². The number of likely N-dealkylation sites (N-methyl/N-ethyl adjacent to an activating group) is 1. The normalized spacial score (nSPS) is 11.6. The Bertz CT molecular complexity index is 371. The third-order valence-corrected chi connectivity index (χ3v) is 2.52. The summed E-state index contributed by atoms with van der Waals surface area (Å²) in [7, 11) is 0. The summed E-state index contributed by atoms with van der Waals surface area (Å²) in [5.74, 6) is 1.69. The van der Waals surface area contributed by atoms with E-state index in [-0.39, 0.29) is 0 Å². The number of aryl methyl sites for hydroxylation is 2. The molecule has 96 valence electrons. The fourth-order valence-corrected chi connectivity index (χ4v) is 1.78. The van der Waals surface area contributed by atoms with Crippen molar-refractivity contribution >= 4 is 5.82 Å². The molecule has 0 atom stereocenters. The van der Waals surface area contributed by atoms with Gasteiger partial charge in [-0.1, -0.05) is 6.92 Å². The number of anilines is 1. The van der Waals surface area contributed by atoms with Gasteiger partial charge in [0, 0.05) is 24.8 Å². The zero-order chi connectivity index (χ0) is 13.1. The van der Waals surface area contributed by atoms with E-state index in [1.165, 1.54) is 0 Å². The molecule has 1 aromatic heterocycles. The summed E-state index contributed by atoms with van der Waals surface area (Å²) in [6.45, 7) is 11.1. The lowest BCUT2D eigenvalue weighted by Gasteiger charge is -2.29. The van der Waals surface area contributed by atoms with Crippen LogP contribution in [-0.2, 0) is 6.42 Å². The maximum atomic E-state index is 9.89. The van der Waals surface area contributed by atoms with Gasteiger partial charge < -0.3 is 10.0 Å². The lowest BCUT2D eigenvalue weighted by molar-refractivity contribution is 0.0874. The molecule has 4 heteroatoms. The molecule has 1 heterocycles. The predicted molar refractivity (Wildman–Crippen MR) is 70.3 cm³/mol. The molecular weight excluding hydrogens is 214 g/mol. The molecule has 0 bridgehead atoms. The zero-order valence-corrected chi connectivity index (χ0v) is 11.5. The van der Waals surface area contributed by atoms with E-state index in [2.05, 4.69) is 28.7 Å². The van der Waals surface area contributed by atoms with E-state index in [4.69, 9.17) is 0 Å². The third kappa shape index (κ3) is 4.30. The molecule has 0 aliphatic carbocycles. The zero-order valence-electron chi connectivity index (χ0n) is 11.5. The number of aromatic nitrogens is 2. The number of rotatable bonds is 5. The highest BCUT2D eigenvalue weighted by Gasteiger charge is 2.18. The van der Waals surface area contributed by atoms with Gasteiger partial charge in [0.1, 0.15) is 11.6 Å². The lowest BCUT2D eigenvalue weighted by Crippen LogP contribution is -2.39. The predicted octanol–water partition coefficient (Wildman–Crippen LogP) is 1.94. The van der Waals surface area contributed by atoms with E-state index in [9.17, 15) is 5.11 Å². The molecule has 0 aliphatic rings. The highest BCUT2D eigenvalue weighted by molar-refractivity contribution is 5.40. The van der Waals surface area contributed by atoms with Crippen molar-refractivity contribution in [2.24, 2.45) is 0 Å². The molecule has 0 aromatic carbocycles. The molecule has 0 unspecified atom stereocenters. The first kappa shape index (κ1) is 13.9. The molecule has 0 fully saturated rings. The van der Waals surface area contributed by atoms with Gasteiger partial charge in [0.05, 0.1) is 5.60 Å². The van der Waals surface area contributed by atoms with Crippen molar-refractivity contribution in [1.82, 2.24) is 9.97 Å². The van der Waals surface area contributed by atoms with E-state index >= 15 is 0 Å². The number of nitrogens with zero attached hydrogens (tertiary/aromatic N) is 3. The van der Waals surface area contributed by atoms with Crippen LogP contribution in [0.3, 0.4) is 0 Å². The SMILES string of the molecule is CCc1cc(N(CC)CC(C)(C)O)nc(C)n1. The minimum atomic E-state index is -0.721. The van der Waals surface area contributed by atoms with E-state index in [1.807, 2.05) is 26.8 Å². The quantitative estimate of drug-likeness (QED) is 0.850. The second kappa shape index (κ2) is 5.45. The second-order valence-electron chi connectivity index (χ2n) is 4.94. The second-order valence-corrected chi connectivity index (χ2v) is 4.94. The molecule has 1 aromatic rings. The molecule has 0 aliphatic heterocycles. The minimum absolute atomic E-state index is 0.573. The van der Waals surface area contributed by atoms with Gasteiger partial charge in [0.15, 0.2) is 0 Å². The van der Waals surface area contributed by atoms with Crippen LogP contribution in [0.5, 0.6) is 0 Å².